The highest BCUT2D eigenvalue weighted by atomic mass is 127. The molecule has 1 atom stereocenters. The van der Waals surface area contributed by atoms with Crippen LogP contribution in [0.15, 0.2) is 23.2 Å². The van der Waals surface area contributed by atoms with E-state index in [2.05, 4.69) is 20.5 Å². The Morgan fingerprint density at radius 2 is 2.00 bits per heavy atom. The third-order valence-corrected chi connectivity index (χ3v) is 5.14. The van der Waals surface area contributed by atoms with Crippen molar-refractivity contribution in [1.29, 1.82) is 0 Å². The first-order chi connectivity index (χ1) is 13.2. The highest BCUT2D eigenvalue weighted by Gasteiger charge is 2.23. The van der Waals surface area contributed by atoms with Crippen LogP contribution in [0, 0.1) is 23.5 Å². The monoisotopic (exact) mass is 508 g/mol. The van der Waals surface area contributed by atoms with Crippen molar-refractivity contribution in [3.8, 4) is 0 Å². The van der Waals surface area contributed by atoms with Gasteiger partial charge in [-0.15, -0.1) is 24.0 Å². The summed E-state index contributed by atoms with van der Waals surface area (Å²) in [7, 11) is 1.77. The highest BCUT2D eigenvalue weighted by molar-refractivity contribution is 14.0. The molecule has 28 heavy (non-hydrogen) atoms. The van der Waals surface area contributed by atoms with Crippen molar-refractivity contribution >= 4 is 35.6 Å². The molecule has 5 nitrogen and oxygen atoms in total. The fraction of sp³-hybridized carbons (Fsp3) is 0.650. The maximum absolute atomic E-state index is 13.4. The Bertz CT molecular complexity index is 643. The fourth-order valence-corrected chi connectivity index (χ4v) is 3.29. The lowest BCUT2D eigenvalue weighted by Crippen LogP contribution is -2.40. The lowest BCUT2D eigenvalue weighted by atomic mass is 10.1. The Morgan fingerprint density at radius 3 is 2.71 bits per heavy atom. The molecule has 1 unspecified atom stereocenters. The van der Waals surface area contributed by atoms with Crippen LogP contribution in [-0.4, -0.2) is 52.4 Å². The summed E-state index contributed by atoms with van der Waals surface area (Å²) in [6.45, 7) is 5.00. The van der Waals surface area contributed by atoms with E-state index in [0.717, 1.165) is 69.8 Å². The molecule has 3 rings (SSSR count). The van der Waals surface area contributed by atoms with Gasteiger partial charge in [0.2, 0.25) is 0 Å². The van der Waals surface area contributed by atoms with Crippen molar-refractivity contribution in [2.75, 3.05) is 51.3 Å². The topological polar surface area (TPSA) is 48.9 Å². The molecule has 2 aliphatic rings. The highest BCUT2D eigenvalue weighted by Crippen LogP contribution is 2.28. The summed E-state index contributed by atoms with van der Waals surface area (Å²) in [6, 6.07) is 4.10. The van der Waals surface area contributed by atoms with Crippen LogP contribution in [0.25, 0.3) is 0 Å². The summed E-state index contributed by atoms with van der Waals surface area (Å²) < 4.78 is 32.1. The summed E-state index contributed by atoms with van der Waals surface area (Å²) in [5.41, 5.74) is 0.741. The van der Waals surface area contributed by atoms with E-state index >= 15 is 0 Å². The number of halogens is 3. The number of ether oxygens (including phenoxy) is 1. The Kier molecular flexibility index (Phi) is 9.70. The van der Waals surface area contributed by atoms with E-state index in [9.17, 15) is 8.78 Å². The second kappa shape index (κ2) is 11.7. The molecule has 1 aromatic rings. The molecule has 0 bridgehead atoms. The third-order valence-electron chi connectivity index (χ3n) is 5.14. The molecule has 2 fully saturated rings. The van der Waals surface area contributed by atoms with E-state index in [1.54, 1.807) is 13.1 Å². The number of aliphatic imine (C=N–C) groups is 1. The van der Waals surface area contributed by atoms with Crippen LogP contribution in [0.5, 0.6) is 0 Å². The summed E-state index contributed by atoms with van der Waals surface area (Å²) in [4.78, 5) is 6.35. The maximum Gasteiger partial charge on any atom is 0.190 e. The molecular weight excluding hydrogens is 477 g/mol. The van der Waals surface area contributed by atoms with E-state index in [4.69, 9.17) is 4.74 Å². The number of nitrogens with zero attached hydrogens (tertiary/aromatic N) is 2. The second-order valence-electron chi connectivity index (χ2n) is 7.45. The van der Waals surface area contributed by atoms with Crippen LogP contribution in [-0.2, 0) is 4.74 Å². The molecule has 8 heteroatoms. The molecule has 1 aliphatic carbocycles. The zero-order valence-corrected chi connectivity index (χ0v) is 18.8. The van der Waals surface area contributed by atoms with Crippen molar-refractivity contribution < 1.29 is 13.5 Å². The number of benzene rings is 1. The molecule has 0 spiro atoms. The standard InChI is InChI=1S/C20H30F2N4O.HI/c1-23-20(24-8-2-10-27-14-15-3-4-15)25-12-16-7-9-26(13-16)17-5-6-18(21)19(22)11-17;/h5-6,11,15-16H,2-4,7-10,12-14H2,1H3,(H2,23,24,25);1H. The van der Waals surface area contributed by atoms with Crippen LogP contribution < -0.4 is 15.5 Å². The minimum atomic E-state index is -0.802. The van der Waals surface area contributed by atoms with Gasteiger partial charge >= 0.3 is 0 Å². The number of rotatable bonds is 9. The number of hydrogen-bond donors (Lipinski definition) is 2. The minimum absolute atomic E-state index is 0. The Balaban J connectivity index is 0.00000280. The van der Waals surface area contributed by atoms with Gasteiger partial charge in [-0.05, 0) is 49.7 Å². The molecule has 158 valence electrons. The first-order valence-corrected chi connectivity index (χ1v) is 9.88. The van der Waals surface area contributed by atoms with E-state index in [0.29, 0.717) is 5.92 Å². The average Bonchev–Trinajstić information content (AvgIpc) is 3.38. The van der Waals surface area contributed by atoms with E-state index in [1.807, 2.05) is 0 Å². The molecule has 1 aromatic carbocycles. The first-order valence-electron chi connectivity index (χ1n) is 9.88. The van der Waals surface area contributed by atoms with Gasteiger partial charge in [0.15, 0.2) is 17.6 Å². The second-order valence-corrected chi connectivity index (χ2v) is 7.45. The van der Waals surface area contributed by atoms with E-state index in [-0.39, 0.29) is 24.0 Å². The zero-order valence-electron chi connectivity index (χ0n) is 16.4. The minimum Gasteiger partial charge on any atom is -0.381 e. The van der Waals surface area contributed by atoms with Crippen molar-refractivity contribution in [1.82, 2.24) is 10.6 Å². The third kappa shape index (κ3) is 7.35. The van der Waals surface area contributed by atoms with Crippen LogP contribution in [0.4, 0.5) is 14.5 Å². The molecule has 1 saturated carbocycles. The summed E-state index contributed by atoms with van der Waals surface area (Å²) in [5.74, 6) is 0.454. The molecule has 0 amide bonds. The van der Waals surface area contributed by atoms with Gasteiger partial charge in [-0.3, -0.25) is 4.99 Å². The van der Waals surface area contributed by atoms with Gasteiger partial charge in [-0.1, -0.05) is 0 Å². The van der Waals surface area contributed by atoms with Gasteiger partial charge in [-0.2, -0.15) is 0 Å². The van der Waals surface area contributed by atoms with Crippen molar-refractivity contribution in [2.24, 2.45) is 16.8 Å². The molecule has 1 heterocycles. The largest absolute Gasteiger partial charge is 0.381 e. The van der Waals surface area contributed by atoms with Crippen LogP contribution in [0.2, 0.25) is 0 Å². The predicted octanol–water partition coefficient (Wildman–Crippen LogP) is 3.39. The zero-order chi connectivity index (χ0) is 19.1. The Morgan fingerprint density at radius 1 is 1.18 bits per heavy atom. The van der Waals surface area contributed by atoms with Crippen molar-refractivity contribution in [3.63, 3.8) is 0 Å². The van der Waals surface area contributed by atoms with Gasteiger partial charge in [-0.25, -0.2) is 8.78 Å². The smallest absolute Gasteiger partial charge is 0.190 e. The summed E-state index contributed by atoms with van der Waals surface area (Å²) in [5, 5.41) is 6.67. The molecule has 1 aliphatic heterocycles. The van der Waals surface area contributed by atoms with Gasteiger partial charge in [0.05, 0.1) is 0 Å². The van der Waals surface area contributed by atoms with E-state index in [1.165, 1.54) is 25.0 Å². The van der Waals surface area contributed by atoms with Crippen molar-refractivity contribution in [3.05, 3.63) is 29.8 Å². The number of anilines is 1. The van der Waals surface area contributed by atoms with Crippen LogP contribution in [0.3, 0.4) is 0 Å². The van der Waals surface area contributed by atoms with Gasteiger partial charge in [0.1, 0.15) is 0 Å². The maximum atomic E-state index is 13.4. The van der Waals surface area contributed by atoms with Gasteiger partial charge in [0.25, 0.3) is 0 Å². The number of guanidine groups is 1. The molecule has 2 N–H and O–H groups in total. The van der Waals surface area contributed by atoms with Gasteiger partial charge in [0, 0.05) is 58.2 Å². The molecule has 0 aromatic heterocycles. The van der Waals surface area contributed by atoms with Crippen molar-refractivity contribution in [2.45, 2.75) is 25.7 Å². The summed E-state index contributed by atoms with van der Waals surface area (Å²) in [6.07, 6.45) is 4.62. The Labute approximate surface area is 183 Å². The average molecular weight is 508 g/mol. The number of hydrogen-bond acceptors (Lipinski definition) is 3. The fourth-order valence-electron chi connectivity index (χ4n) is 3.29. The number of nitrogens with one attached hydrogen (secondary N) is 2. The van der Waals surface area contributed by atoms with E-state index < -0.39 is 11.6 Å². The van der Waals surface area contributed by atoms with Crippen LogP contribution >= 0.6 is 24.0 Å². The van der Waals surface area contributed by atoms with Gasteiger partial charge < -0.3 is 20.3 Å². The lowest BCUT2D eigenvalue weighted by Gasteiger charge is -2.19. The molecule has 0 radical (unpaired) electrons. The summed E-state index contributed by atoms with van der Waals surface area (Å²) >= 11 is 0. The first kappa shape index (κ1) is 23.1. The molecule has 1 saturated heterocycles. The normalized spacial score (nSPS) is 19.5. The SMILES string of the molecule is CN=C(NCCCOCC1CC1)NCC1CCN(c2ccc(F)c(F)c2)C1.I. The molecular formula is C20H31F2IN4O. The predicted molar refractivity (Wildman–Crippen MR) is 120 cm³/mol. The quantitative estimate of drug-likeness (QED) is 0.233. The lowest BCUT2D eigenvalue weighted by molar-refractivity contribution is 0.123. The van der Waals surface area contributed by atoms with Crippen LogP contribution in [0.1, 0.15) is 25.7 Å². The Hall–Kier alpha value is -1.16.